The molecule has 0 radical (unpaired) electrons. The van der Waals surface area contributed by atoms with E-state index in [1.807, 2.05) is 23.1 Å². The molecule has 0 fully saturated rings. The van der Waals surface area contributed by atoms with Crippen LogP contribution < -0.4 is 10.2 Å². The highest BCUT2D eigenvalue weighted by Gasteiger charge is 2.10. The summed E-state index contributed by atoms with van der Waals surface area (Å²) >= 11 is 0. The minimum absolute atomic E-state index is 0.0416. The summed E-state index contributed by atoms with van der Waals surface area (Å²) in [6.07, 6.45) is 0.345. The van der Waals surface area contributed by atoms with Crippen molar-refractivity contribution >= 4 is 23.0 Å². The Morgan fingerprint density at radius 3 is 2.60 bits per heavy atom. The van der Waals surface area contributed by atoms with Gasteiger partial charge in [0.05, 0.1) is 17.4 Å². The molecule has 0 spiro atoms. The van der Waals surface area contributed by atoms with Crippen LogP contribution >= 0.6 is 0 Å². The summed E-state index contributed by atoms with van der Waals surface area (Å²) < 4.78 is 0. The topological polar surface area (TPSA) is 99.3 Å². The Kier molecular flexibility index (Phi) is 6.07. The van der Waals surface area contributed by atoms with Gasteiger partial charge in [-0.2, -0.15) is 5.26 Å². The Hall–Kier alpha value is -3.40. The number of carbonyl (C=O) groups excluding carboxylic acids is 1. The summed E-state index contributed by atoms with van der Waals surface area (Å²) in [4.78, 5) is 23.5. The maximum atomic E-state index is 11.2. The second-order valence-electron chi connectivity index (χ2n) is 5.48. The lowest BCUT2D eigenvalue weighted by molar-refractivity contribution is -0.384. The van der Waals surface area contributed by atoms with Crippen molar-refractivity contribution in [1.82, 2.24) is 0 Å². The number of benzene rings is 2. The number of nitro groups is 1. The van der Waals surface area contributed by atoms with Gasteiger partial charge in [-0.05, 0) is 23.8 Å². The van der Waals surface area contributed by atoms with E-state index in [1.165, 1.54) is 19.1 Å². The van der Waals surface area contributed by atoms with Crippen molar-refractivity contribution in [2.24, 2.45) is 0 Å². The number of nitriles is 1. The summed E-state index contributed by atoms with van der Waals surface area (Å²) in [6, 6.07) is 15.8. The maximum Gasteiger partial charge on any atom is 0.269 e. The van der Waals surface area contributed by atoms with Crippen LogP contribution in [0.25, 0.3) is 0 Å². The molecule has 0 bridgehead atoms. The number of rotatable bonds is 7. The number of amides is 1. The van der Waals surface area contributed by atoms with Crippen LogP contribution in [-0.2, 0) is 11.3 Å². The van der Waals surface area contributed by atoms with E-state index in [0.29, 0.717) is 25.2 Å². The van der Waals surface area contributed by atoms with Gasteiger partial charge in [0.2, 0.25) is 5.91 Å². The molecular formula is C18H18N4O3. The number of hydrogen-bond acceptors (Lipinski definition) is 5. The first-order valence-corrected chi connectivity index (χ1v) is 7.72. The number of nitro benzene ring substituents is 1. The quantitative estimate of drug-likeness (QED) is 0.615. The third kappa shape index (κ3) is 5.32. The summed E-state index contributed by atoms with van der Waals surface area (Å²) in [5.74, 6) is -0.156. The Bertz CT molecular complexity index is 797. The molecule has 0 aromatic heterocycles. The zero-order valence-corrected chi connectivity index (χ0v) is 13.8. The number of carbonyl (C=O) groups is 1. The predicted molar refractivity (Wildman–Crippen MR) is 95.1 cm³/mol. The van der Waals surface area contributed by atoms with Crippen molar-refractivity contribution in [2.75, 3.05) is 16.8 Å². The van der Waals surface area contributed by atoms with Crippen molar-refractivity contribution in [3.8, 4) is 6.07 Å². The van der Waals surface area contributed by atoms with Crippen molar-refractivity contribution < 1.29 is 9.72 Å². The lowest BCUT2D eigenvalue weighted by atomic mass is 10.1. The first-order valence-electron chi connectivity index (χ1n) is 7.72. The van der Waals surface area contributed by atoms with Gasteiger partial charge in [-0.15, -0.1) is 0 Å². The van der Waals surface area contributed by atoms with Crippen molar-refractivity contribution in [3.63, 3.8) is 0 Å². The van der Waals surface area contributed by atoms with Crippen LogP contribution in [0.3, 0.4) is 0 Å². The second-order valence-corrected chi connectivity index (χ2v) is 5.48. The smallest absolute Gasteiger partial charge is 0.269 e. The summed E-state index contributed by atoms with van der Waals surface area (Å²) in [5.41, 5.74) is 2.48. The van der Waals surface area contributed by atoms with E-state index in [-0.39, 0.29) is 11.6 Å². The van der Waals surface area contributed by atoms with Gasteiger partial charge in [0.1, 0.15) is 0 Å². The Balaban J connectivity index is 2.22. The van der Waals surface area contributed by atoms with Crippen molar-refractivity contribution in [2.45, 2.75) is 19.9 Å². The van der Waals surface area contributed by atoms with E-state index in [2.05, 4.69) is 11.4 Å². The Morgan fingerprint density at radius 2 is 2.00 bits per heavy atom. The normalized spacial score (nSPS) is 9.92. The lowest BCUT2D eigenvalue weighted by Crippen LogP contribution is -2.23. The van der Waals surface area contributed by atoms with Gasteiger partial charge >= 0.3 is 0 Å². The zero-order chi connectivity index (χ0) is 18.2. The molecule has 0 aliphatic rings. The van der Waals surface area contributed by atoms with Crippen LogP contribution in [0.15, 0.2) is 48.5 Å². The molecule has 0 atom stereocenters. The molecule has 2 aromatic carbocycles. The molecule has 25 heavy (non-hydrogen) atoms. The minimum Gasteiger partial charge on any atom is -0.366 e. The minimum atomic E-state index is -0.436. The van der Waals surface area contributed by atoms with Crippen LogP contribution in [0.1, 0.15) is 18.9 Å². The van der Waals surface area contributed by atoms with Crippen molar-refractivity contribution in [3.05, 3.63) is 64.2 Å². The zero-order valence-electron chi connectivity index (χ0n) is 13.8. The summed E-state index contributed by atoms with van der Waals surface area (Å²) in [5, 5.41) is 22.4. The number of non-ortho nitro benzene ring substituents is 1. The lowest BCUT2D eigenvalue weighted by Gasteiger charge is -2.24. The molecule has 0 heterocycles. The first-order chi connectivity index (χ1) is 12.0. The molecule has 1 N–H and O–H groups in total. The fourth-order valence-corrected chi connectivity index (χ4v) is 2.41. The van der Waals surface area contributed by atoms with Crippen LogP contribution in [0.5, 0.6) is 0 Å². The molecule has 128 valence electrons. The van der Waals surface area contributed by atoms with E-state index in [0.717, 1.165) is 11.3 Å². The number of nitrogens with zero attached hydrogens (tertiary/aromatic N) is 3. The highest BCUT2D eigenvalue weighted by atomic mass is 16.6. The van der Waals surface area contributed by atoms with Crippen LogP contribution in [0, 0.1) is 21.4 Å². The summed E-state index contributed by atoms with van der Waals surface area (Å²) in [6.45, 7) is 2.46. The van der Waals surface area contributed by atoms with Gasteiger partial charge in [-0.1, -0.05) is 18.2 Å². The Morgan fingerprint density at radius 1 is 1.28 bits per heavy atom. The molecule has 0 aliphatic carbocycles. The Labute approximate surface area is 145 Å². The molecule has 1 amide bonds. The summed E-state index contributed by atoms with van der Waals surface area (Å²) in [7, 11) is 0. The van der Waals surface area contributed by atoms with Gasteiger partial charge in [-0.25, -0.2) is 0 Å². The number of hydrogen-bond donors (Lipinski definition) is 1. The molecular weight excluding hydrogens is 320 g/mol. The van der Waals surface area contributed by atoms with Gasteiger partial charge in [-0.3, -0.25) is 14.9 Å². The largest absolute Gasteiger partial charge is 0.366 e. The van der Waals surface area contributed by atoms with E-state index in [9.17, 15) is 14.9 Å². The predicted octanol–water partition coefficient (Wildman–Crippen LogP) is 3.47. The number of anilines is 2. The highest BCUT2D eigenvalue weighted by Crippen LogP contribution is 2.22. The maximum absolute atomic E-state index is 11.2. The van der Waals surface area contributed by atoms with E-state index >= 15 is 0 Å². The average molecular weight is 338 g/mol. The third-order valence-electron chi connectivity index (χ3n) is 3.55. The van der Waals surface area contributed by atoms with Crippen LogP contribution in [0.2, 0.25) is 0 Å². The second kappa shape index (κ2) is 8.45. The van der Waals surface area contributed by atoms with Crippen LogP contribution in [0.4, 0.5) is 17.1 Å². The van der Waals surface area contributed by atoms with Crippen LogP contribution in [-0.4, -0.2) is 17.4 Å². The highest BCUT2D eigenvalue weighted by molar-refractivity contribution is 5.89. The van der Waals surface area contributed by atoms with Gasteiger partial charge in [0, 0.05) is 43.5 Å². The SMILES string of the molecule is CC(=O)Nc1cccc(N(CCC#N)Cc2ccc([N+](=O)[O-])cc2)c1. The molecule has 2 aromatic rings. The van der Waals surface area contributed by atoms with E-state index in [4.69, 9.17) is 5.26 Å². The fourth-order valence-electron chi connectivity index (χ4n) is 2.41. The van der Waals surface area contributed by atoms with Gasteiger partial charge < -0.3 is 10.2 Å². The monoisotopic (exact) mass is 338 g/mol. The number of nitrogens with one attached hydrogen (secondary N) is 1. The van der Waals surface area contributed by atoms with E-state index < -0.39 is 4.92 Å². The molecule has 0 saturated carbocycles. The molecule has 0 unspecified atom stereocenters. The fraction of sp³-hybridized carbons (Fsp3) is 0.222. The molecule has 0 aliphatic heterocycles. The average Bonchev–Trinajstić information content (AvgIpc) is 2.58. The first kappa shape index (κ1) is 17.9. The van der Waals surface area contributed by atoms with E-state index in [1.54, 1.807) is 18.2 Å². The van der Waals surface area contributed by atoms with Gasteiger partial charge in [0.15, 0.2) is 0 Å². The standard InChI is InChI=1S/C18H18N4O3/c1-14(23)20-16-4-2-5-18(12-16)21(11-3-10-19)13-15-6-8-17(9-7-15)22(24)25/h2,4-9,12H,3,11,13H2,1H3,(H,20,23). The molecule has 7 nitrogen and oxygen atoms in total. The van der Waals surface area contributed by atoms with Gasteiger partial charge in [0.25, 0.3) is 5.69 Å². The van der Waals surface area contributed by atoms with Crippen molar-refractivity contribution in [1.29, 1.82) is 5.26 Å². The molecule has 0 saturated heterocycles. The third-order valence-corrected chi connectivity index (χ3v) is 3.55. The molecule has 2 rings (SSSR count). The molecule has 7 heteroatoms.